The van der Waals surface area contributed by atoms with Gasteiger partial charge in [0, 0.05) is 5.56 Å². The van der Waals surface area contributed by atoms with Crippen molar-refractivity contribution in [3.63, 3.8) is 0 Å². The molecule has 0 bridgehead atoms. The number of hydrogen-bond acceptors (Lipinski definition) is 4. The van der Waals surface area contributed by atoms with Gasteiger partial charge in [-0.25, -0.2) is 4.98 Å². The summed E-state index contributed by atoms with van der Waals surface area (Å²) in [6, 6.07) is 14.5. The highest BCUT2D eigenvalue weighted by Crippen LogP contribution is 2.16. The lowest BCUT2D eigenvalue weighted by Gasteiger charge is -2.04. The van der Waals surface area contributed by atoms with Crippen LogP contribution in [0.15, 0.2) is 54.7 Å². The highest BCUT2D eigenvalue weighted by Gasteiger charge is 2.12. The second-order valence-corrected chi connectivity index (χ2v) is 4.31. The minimum atomic E-state index is -0.165. The van der Waals surface area contributed by atoms with Gasteiger partial charge in [-0.1, -0.05) is 24.3 Å². The number of carbonyl (C=O) groups is 1. The van der Waals surface area contributed by atoms with E-state index in [1.165, 1.54) is 6.20 Å². The highest BCUT2D eigenvalue weighted by atomic mass is 16.5. The molecule has 98 valence electrons. The Morgan fingerprint density at radius 3 is 2.65 bits per heavy atom. The van der Waals surface area contributed by atoms with Crippen LogP contribution in [0.2, 0.25) is 0 Å². The zero-order chi connectivity index (χ0) is 13.9. The number of hydrogen-bond donors (Lipinski definition) is 0. The zero-order valence-electron chi connectivity index (χ0n) is 10.9. The van der Waals surface area contributed by atoms with Crippen molar-refractivity contribution in [2.75, 3.05) is 7.11 Å². The average molecular weight is 264 g/mol. The Bertz CT molecular complexity index is 784. The fourth-order valence-electron chi connectivity index (χ4n) is 1.98. The smallest absolute Gasteiger partial charge is 0.213 e. The fourth-order valence-corrected chi connectivity index (χ4v) is 1.98. The van der Waals surface area contributed by atoms with Gasteiger partial charge in [0.1, 0.15) is 11.4 Å². The molecule has 0 aliphatic carbocycles. The van der Waals surface area contributed by atoms with E-state index in [-0.39, 0.29) is 5.78 Å². The second kappa shape index (κ2) is 5.09. The summed E-state index contributed by atoms with van der Waals surface area (Å²) in [6.07, 6.45) is 1.50. The van der Waals surface area contributed by atoms with E-state index in [2.05, 4.69) is 9.97 Å². The molecule has 0 aliphatic heterocycles. The number of ether oxygens (including phenoxy) is 1. The third kappa shape index (κ3) is 2.23. The van der Waals surface area contributed by atoms with Gasteiger partial charge in [0.15, 0.2) is 0 Å². The van der Waals surface area contributed by atoms with Crippen LogP contribution in [-0.4, -0.2) is 22.9 Å². The summed E-state index contributed by atoms with van der Waals surface area (Å²) in [7, 11) is 1.57. The molecular formula is C16H12N2O2. The van der Waals surface area contributed by atoms with Crippen LogP contribution in [0.25, 0.3) is 11.0 Å². The molecule has 0 radical (unpaired) electrons. The molecule has 0 spiro atoms. The number of para-hydroxylation sites is 2. The summed E-state index contributed by atoms with van der Waals surface area (Å²) in [4.78, 5) is 21.0. The van der Waals surface area contributed by atoms with Gasteiger partial charge in [-0.2, -0.15) is 0 Å². The van der Waals surface area contributed by atoms with Crippen molar-refractivity contribution in [3.05, 3.63) is 66.0 Å². The third-order valence-electron chi connectivity index (χ3n) is 3.01. The van der Waals surface area contributed by atoms with E-state index >= 15 is 0 Å². The molecule has 2 aromatic carbocycles. The molecule has 3 rings (SSSR count). The van der Waals surface area contributed by atoms with Crippen LogP contribution in [0.1, 0.15) is 16.1 Å². The van der Waals surface area contributed by atoms with Crippen LogP contribution < -0.4 is 4.74 Å². The number of methoxy groups -OCH3 is 1. The number of ketones is 1. The van der Waals surface area contributed by atoms with E-state index in [1.54, 1.807) is 31.4 Å². The van der Waals surface area contributed by atoms with E-state index in [4.69, 9.17) is 4.74 Å². The number of fused-ring (bicyclic) bond motifs is 1. The van der Waals surface area contributed by atoms with Crippen molar-refractivity contribution in [2.45, 2.75) is 0 Å². The van der Waals surface area contributed by atoms with Gasteiger partial charge >= 0.3 is 0 Å². The molecule has 3 aromatic rings. The van der Waals surface area contributed by atoms with E-state index in [0.29, 0.717) is 22.5 Å². The van der Waals surface area contributed by atoms with Crippen molar-refractivity contribution < 1.29 is 9.53 Å². The van der Waals surface area contributed by atoms with Crippen molar-refractivity contribution in [2.24, 2.45) is 0 Å². The number of carbonyl (C=O) groups excluding carboxylic acids is 1. The van der Waals surface area contributed by atoms with Crippen LogP contribution in [-0.2, 0) is 0 Å². The number of aromatic nitrogens is 2. The van der Waals surface area contributed by atoms with Crippen LogP contribution >= 0.6 is 0 Å². The number of rotatable bonds is 3. The standard InChI is InChI=1S/C16H12N2O2/c1-20-12-6-4-5-11(9-12)16(19)15-10-17-13-7-2-3-8-14(13)18-15/h2-10H,1H3. The lowest BCUT2D eigenvalue weighted by molar-refractivity contribution is 0.103. The van der Waals surface area contributed by atoms with Gasteiger partial charge in [0.25, 0.3) is 0 Å². The highest BCUT2D eigenvalue weighted by molar-refractivity contribution is 6.08. The largest absolute Gasteiger partial charge is 0.497 e. The third-order valence-corrected chi connectivity index (χ3v) is 3.01. The molecular weight excluding hydrogens is 252 g/mol. The topological polar surface area (TPSA) is 52.1 Å². The van der Waals surface area contributed by atoms with Gasteiger partial charge in [-0.15, -0.1) is 0 Å². The van der Waals surface area contributed by atoms with Crippen LogP contribution in [0, 0.1) is 0 Å². The Labute approximate surface area is 116 Å². The summed E-state index contributed by atoms with van der Waals surface area (Å²) in [6.45, 7) is 0. The molecule has 1 heterocycles. The zero-order valence-corrected chi connectivity index (χ0v) is 10.9. The molecule has 0 aliphatic rings. The Hall–Kier alpha value is -2.75. The quantitative estimate of drug-likeness (QED) is 0.682. The normalized spacial score (nSPS) is 10.4. The molecule has 0 saturated carbocycles. The number of nitrogens with zero attached hydrogens (tertiary/aromatic N) is 2. The molecule has 0 saturated heterocycles. The minimum absolute atomic E-state index is 0.165. The maximum absolute atomic E-state index is 12.4. The van der Waals surface area contributed by atoms with Crippen molar-refractivity contribution in [3.8, 4) is 5.75 Å². The average Bonchev–Trinajstić information content (AvgIpc) is 2.53. The molecule has 0 unspecified atom stereocenters. The van der Waals surface area contributed by atoms with Crippen molar-refractivity contribution >= 4 is 16.8 Å². The maximum atomic E-state index is 12.4. The Morgan fingerprint density at radius 1 is 1.05 bits per heavy atom. The Morgan fingerprint density at radius 2 is 1.85 bits per heavy atom. The lowest BCUT2D eigenvalue weighted by atomic mass is 10.1. The summed E-state index contributed by atoms with van der Waals surface area (Å²) < 4.78 is 5.12. The molecule has 4 nitrogen and oxygen atoms in total. The first kappa shape index (κ1) is 12.3. The Kier molecular flexibility index (Phi) is 3.13. The second-order valence-electron chi connectivity index (χ2n) is 4.31. The molecule has 1 aromatic heterocycles. The van der Waals surface area contributed by atoms with Gasteiger partial charge in [-0.3, -0.25) is 9.78 Å². The molecule has 0 fully saturated rings. The predicted octanol–water partition coefficient (Wildman–Crippen LogP) is 2.87. The minimum Gasteiger partial charge on any atom is -0.497 e. The van der Waals surface area contributed by atoms with Crippen LogP contribution in [0.4, 0.5) is 0 Å². The summed E-state index contributed by atoms with van der Waals surface area (Å²) >= 11 is 0. The van der Waals surface area contributed by atoms with Crippen LogP contribution in [0.5, 0.6) is 5.75 Å². The lowest BCUT2D eigenvalue weighted by Crippen LogP contribution is -2.05. The predicted molar refractivity (Wildman–Crippen MR) is 76.0 cm³/mol. The van der Waals surface area contributed by atoms with Crippen molar-refractivity contribution in [1.29, 1.82) is 0 Å². The van der Waals surface area contributed by atoms with Gasteiger partial charge in [0.05, 0.1) is 24.3 Å². The van der Waals surface area contributed by atoms with Gasteiger partial charge in [0.2, 0.25) is 5.78 Å². The fraction of sp³-hybridized carbons (Fsp3) is 0.0625. The first-order valence-corrected chi connectivity index (χ1v) is 6.18. The van der Waals surface area contributed by atoms with Crippen molar-refractivity contribution in [1.82, 2.24) is 9.97 Å². The molecule has 20 heavy (non-hydrogen) atoms. The van der Waals surface area contributed by atoms with Gasteiger partial charge in [-0.05, 0) is 24.3 Å². The monoisotopic (exact) mass is 264 g/mol. The number of benzene rings is 2. The molecule has 0 amide bonds. The summed E-state index contributed by atoms with van der Waals surface area (Å²) in [5.74, 6) is 0.478. The SMILES string of the molecule is COc1cccc(C(=O)c2cnc3ccccc3n2)c1. The molecule has 0 N–H and O–H groups in total. The van der Waals surface area contributed by atoms with E-state index in [9.17, 15) is 4.79 Å². The maximum Gasteiger partial charge on any atom is 0.213 e. The summed E-state index contributed by atoms with van der Waals surface area (Å²) in [5, 5.41) is 0. The first-order chi connectivity index (χ1) is 9.78. The van der Waals surface area contributed by atoms with E-state index in [0.717, 1.165) is 5.52 Å². The van der Waals surface area contributed by atoms with E-state index < -0.39 is 0 Å². The van der Waals surface area contributed by atoms with Crippen LogP contribution in [0.3, 0.4) is 0 Å². The molecule has 0 atom stereocenters. The van der Waals surface area contributed by atoms with E-state index in [1.807, 2.05) is 24.3 Å². The molecule has 4 heteroatoms. The first-order valence-electron chi connectivity index (χ1n) is 6.18. The summed E-state index contributed by atoms with van der Waals surface area (Å²) in [5.41, 5.74) is 2.35. The van der Waals surface area contributed by atoms with Gasteiger partial charge < -0.3 is 4.74 Å². The Balaban J connectivity index is 2.03.